The van der Waals surface area contributed by atoms with Crippen molar-refractivity contribution in [2.75, 3.05) is 0 Å². The number of rotatable bonds is 4. The Labute approximate surface area is 133 Å². The average molecular weight is 304 g/mol. The summed E-state index contributed by atoms with van der Waals surface area (Å²) in [5.74, 6) is 1.60. The van der Waals surface area contributed by atoms with Gasteiger partial charge in [0.05, 0.1) is 17.2 Å². The minimum Gasteiger partial charge on any atom is -0.489 e. The summed E-state index contributed by atoms with van der Waals surface area (Å²) in [6, 6.07) is 16.0. The molecule has 0 aliphatic carbocycles. The number of nitrogens with one attached hydrogen (secondary N) is 2. The van der Waals surface area contributed by atoms with E-state index >= 15 is 0 Å². The zero-order chi connectivity index (χ0) is 15.6. The molecule has 0 unspecified atom stereocenters. The molecule has 4 rings (SSSR count). The van der Waals surface area contributed by atoms with Gasteiger partial charge in [-0.05, 0) is 30.2 Å². The Morgan fingerprint density at radius 3 is 2.74 bits per heavy atom. The quantitative estimate of drug-likeness (QED) is 0.602. The number of imidazole rings is 1. The summed E-state index contributed by atoms with van der Waals surface area (Å²) in [5.41, 5.74) is 4.96. The van der Waals surface area contributed by atoms with Gasteiger partial charge in [0.25, 0.3) is 0 Å². The molecule has 0 radical (unpaired) electrons. The lowest BCUT2D eigenvalue weighted by atomic mass is 10.2. The SMILES string of the molecule is Cc1cn[nH]c1-c1nc2ccc(OCc3ccccc3)cc2[nH]1. The van der Waals surface area contributed by atoms with E-state index in [4.69, 9.17) is 4.74 Å². The predicted octanol–water partition coefficient (Wildman–Crippen LogP) is 3.84. The molecular weight excluding hydrogens is 288 g/mol. The molecule has 0 spiro atoms. The first-order chi connectivity index (χ1) is 11.3. The second-order valence-corrected chi connectivity index (χ2v) is 5.47. The second kappa shape index (κ2) is 5.61. The lowest BCUT2D eigenvalue weighted by Crippen LogP contribution is -1.94. The largest absolute Gasteiger partial charge is 0.489 e. The highest BCUT2D eigenvalue weighted by Gasteiger charge is 2.10. The first kappa shape index (κ1) is 13.6. The Balaban J connectivity index is 1.59. The van der Waals surface area contributed by atoms with Crippen molar-refractivity contribution in [1.82, 2.24) is 20.2 Å². The van der Waals surface area contributed by atoms with Crippen molar-refractivity contribution < 1.29 is 4.74 Å². The van der Waals surface area contributed by atoms with Crippen LogP contribution in [-0.4, -0.2) is 20.2 Å². The number of benzene rings is 2. The fraction of sp³-hybridized carbons (Fsp3) is 0.111. The fourth-order valence-electron chi connectivity index (χ4n) is 2.52. The monoisotopic (exact) mass is 304 g/mol. The Morgan fingerprint density at radius 1 is 1.09 bits per heavy atom. The van der Waals surface area contributed by atoms with Gasteiger partial charge in [0, 0.05) is 6.07 Å². The number of H-pyrrole nitrogens is 2. The minimum absolute atomic E-state index is 0.549. The Kier molecular flexibility index (Phi) is 3.31. The Morgan fingerprint density at radius 2 is 1.96 bits per heavy atom. The Bertz CT molecular complexity index is 940. The van der Waals surface area contributed by atoms with Gasteiger partial charge in [0.15, 0.2) is 5.82 Å². The van der Waals surface area contributed by atoms with Crippen LogP contribution in [0.25, 0.3) is 22.6 Å². The smallest absolute Gasteiger partial charge is 0.156 e. The van der Waals surface area contributed by atoms with Crippen LogP contribution in [0.4, 0.5) is 0 Å². The van der Waals surface area contributed by atoms with Gasteiger partial charge in [0.2, 0.25) is 0 Å². The minimum atomic E-state index is 0.549. The molecule has 0 atom stereocenters. The second-order valence-electron chi connectivity index (χ2n) is 5.47. The van der Waals surface area contributed by atoms with Crippen LogP contribution in [0.15, 0.2) is 54.7 Å². The van der Waals surface area contributed by atoms with E-state index in [1.54, 1.807) is 6.20 Å². The van der Waals surface area contributed by atoms with Gasteiger partial charge in [0.1, 0.15) is 18.1 Å². The third-order valence-electron chi connectivity index (χ3n) is 3.77. The van der Waals surface area contributed by atoms with E-state index in [1.807, 2.05) is 55.5 Å². The van der Waals surface area contributed by atoms with Gasteiger partial charge in [-0.2, -0.15) is 5.10 Å². The van der Waals surface area contributed by atoms with Crippen LogP contribution < -0.4 is 4.74 Å². The van der Waals surface area contributed by atoms with Gasteiger partial charge >= 0.3 is 0 Å². The molecule has 0 saturated heterocycles. The normalized spacial score (nSPS) is 11.0. The third-order valence-corrected chi connectivity index (χ3v) is 3.77. The van der Waals surface area contributed by atoms with Gasteiger partial charge < -0.3 is 9.72 Å². The molecule has 0 amide bonds. The molecule has 4 aromatic rings. The van der Waals surface area contributed by atoms with Gasteiger partial charge in [-0.3, -0.25) is 5.10 Å². The summed E-state index contributed by atoms with van der Waals surface area (Å²) in [7, 11) is 0. The summed E-state index contributed by atoms with van der Waals surface area (Å²) in [5, 5.41) is 7.01. The van der Waals surface area contributed by atoms with E-state index in [0.29, 0.717) is 6.61 Å². The zero-order valence-corrected chi connectivity index (χ0v) is 12.7. The van der Waals surface area contributed by atoms with E-state index in [1.165, 1.54) is 0 Å². The third kappa shape index (κ3) is 2.68. The molecule has 0 fully saturated rings. The molecule has 2 aromatic heterocycles. The van der Waals surface area contributed by atoms with Crippen LogP contribution in [0, 0.1) is 6.92 Å². The van der Waals surface area contributed by atoms with Crippen molar-refractivity contribution in [3.8, 4) is 17.3 Å². The van der Waals surface area contributed by atoms with Crippen molar-refractivity contribution in [2.24, 2.45) is 0 Å². The Hall–Kier alpha value is -3.08. The molecule has 2 aromatic carbocycles. The van der Waals surface area contributed by atoms with Gasteiger partial charge in [-0.15, -0.1) is 0 Å². The highest BCUT2D eigenvalue weighted by atomic mass is 16.5. The number of nitrogens with zero attached hydrogens (tertiary/aromatic N) is 2. The number of ether oxygens (including phenoxy) is 1. The molecule has 0 aliphatic heterocycles. The van der Waals surface area contributed by atoms with E-state index in [0.717, 1.165) is 39.4 Å². The number of hydrogen-bond acceptors (Lipinski definition) is 3. The number of aromatic nitrogens is 4. The van der Waals surface area contributed by atoms with E-state index < -0.39 is 0 Å². The lowest BCUT2D eigenvalue weighted by Gasteiger charge is -2.05. The van der Waals surface area contributed by atoms with Crippen molar-refractivity contribution in [3.05, 3.63) is 65.9 Å². The molecule has 2 heterocycles. The summed E-state index contributed by atoms with van der Waals surface area (Å²) < 4.78 is 5.86. The molecule has 2 N–H and O–H groups in total. The predicted molar refractivity (Wildman–Crippen MR) is 89.2 cm³/mol. The molecule has 0 bridgehead atoms. The van der Waals surface area contributed by atoms with E-state index in [9.17, 15) is 0 Å². The molecule has 114 valence electrons. The molecule has 0 aliphatic rings. The highest BCUT2D eigenvalue weighted by molar-refractivity contribution is 5.80. The summed E-state index contributed by atoms with van der Waals surface area (Å²) in [6.07, 6.45) is 1.79. The summed E-state index contributed by atoms with van der Waals surface area (Å²) in [6.45, 7) is 2.55. The highest BCUT2D eigenvalue weighted by Crippen LogP contribution is 2.24. The first-order valence-electron chi connectivity index (χ1n) is 7.46. The zero-order valence-electron chi connectivity index (χ0n) is 12.7. The maximum atomic E-state index is 5.86. The van der Waals surface area contributed by atoms with Gasteiger partial charge in [-0.1, -0.05) is 30.3 Å². The molecular formula is C18H16N4O. The summed E-state index contributed by atoms with van der Waals surface area (Å²) in [4.78, 5) is 7.91. The van der Waals surface area contributed by atoms with E-state index in [-0.39, 0.29) is 0 Å². The maximum Gasteiger partial charge on any atom is 0.156 e. The van der Waals surface area contributed by atoms with Gasteiger partial charge in [-0.25, -0.2) is 4.98 Å². The first-order valence-corrected chi connectivity index (χ1v) is 7.46. The lowest BCUT2D eigenvalue weighted by molar-refractivity contribution is 0.306. The topological polar surface area (TPSA) is 66.6 Å². The van der Waals surface area contributed by atoms with Crippen LogP contribution in [0.3, 0.4) is 0 Å². The molecule has 23 heavy (non-hydrogen) atoms. The van der Waals surface area contributed by atoms with Crippen LogP contribution in [-0.2, 0) is 6.61 Å². The van der Waals surface area contributed by atoms with Crippen molar-refractivity contribution in [2.45, 2.75) is 13.5 Å². The number of aromatic amines is 2. The van der Waals surface area contributed by atoms with Crippen molar-refractivity contribution in [3.63, 3.8) is 0 Å². The van der Waals surface area contributed by atoms with E-state index in [2.05, 4.69) is 20.2 Å². The number of fused-ring (bicyclic) bond motifs is 1. The van der Waals surface area contributed by atoms with Crippen LogP contribution >= 0.6 is 0 Å². The molecule has 0 saturated carbocycles. The average Bonchev–Trinajstić information content (AvgIpc) is 3.19. The fourth-order valence-corrected chi connectivity index (χ4v) is 2.52. The van der Waals surface area contributed by atoms with Crippen molar-refractivity contribution in [1.29, 1.82) is 0 Å². The van der Waals surface area contributed by atoms with Crippen LogP contribution in [0.2, 0.25) is 0 Å². The number of aryl methyl sites for hydroxylation is 1. The summed E-state index contributed by atoms with van der Waals surface area (Å²) >= 11 is 0. The molecule has 5 nitrogen and oxygen atoms in total. The maximum absolute atomic E-state index is 5.86. The van der Waals surface area contributed by atoms with Crippen LogP contribution in [0.1, 0.15) is 11.1 Å². The standard InChI is InChI=1S/C18H16N4O/c1-12-10-19-22-17(12)18-20-15-8-7-14(9-16(15)21-18)23-11-13-5-3-2-4-6-13/h2-10H,11H2,1H3,(H,19,22)(H,20,21). The van der Waals surface area contributed by atoms with Crippen LogP contribution in [0.5, 0.6) is 5.75 Å². The van der Waals surface area contributed by atoms with Crippen molar-refractivity contribution >= 4 is 11.0 Å². The number of hydrogen-bond donors (Lipinski definition) is 2. The molecule has 5 heteroatoms.